The quantitative estimate of drug-likeness (QED) is 0.590. The zero-order chi connectivity index (χ0) is 21.7. The average molecular weight is 423 g/mol. The summed E-state index contributed by atoms with van der Waals surface area (Å²) < 4.78 is 26.2. The van der Waals surface area contributed by atoms with Crippen molar-refractivity contribution in [2.45, 2.75) is 19.8 Å². The van der Waals surface area contributed by atoms with Crippen molar-refractivity contribution >= 4 is 27.3 Å². The fourth-order valence-electron chi connectivity index (χ4n) is 3.37. The smallest absolute Gasteiger partial charge is 0.245 e. The fraction of sp³-hybridized carbons (Fsp3) is 0.208. The summed E-state index contributed by atoms with van der Waals surface area (Å²) in [6.07, 6.45) is 1.12. The van der Waals surface area contributed by atoms with Gasteiger partial charge in [-0.2, -0.15) is 0 Å². The van der Waals surface area contributed by atoms with E-state index >= 15 is 0 Å². The molecule has 0 aliphatic carbocycles. The van der Waals surface area contributed by atoms with Crippen molar-refractivity contribution in [3.63, 3.8) is 0 Å². The van der Waals surface area contributed by atoms with E-state index in [-0.39, 0.29) is 12.5 Å². The van der Waals surface area contributed by atoms with Gasteiger partial charge in [-0.3, -0.25) is 9.10 Å². The van der Waals surface area contributed by atoms with E-state index in [1.807, 2.05) is 80.6 Å². The molecule has 6 heteroatoms. The number of amides is 1. The monoisotopic (exact) mass is 422 g/mol. The van der Waals surface area contributed by atoms with Gasteiger partial charge in [0.05, 0.1) is 11.9 Å². The number of nitrogens with one attached hydrogen (secondary N) is 1. The van der Waals surface area contributed by atoms with Crippen LogP contribution in [0.5, 0.6) is 0 Å². The lowest BCUT2D eigenvalue weighted by atomic mass is 10.0. The Hall–Kier alpha value is -3.12. The van der Waals surface area contributed by atoms with Crippen LogP contribution in [0.2, 0.25) is 0 Å². The van der Waals surface area contributed by atoms with Gasteiger partial charge in [-0.1, -0.05) is 80.6 Å². The SMILES string of the molecule is CC(C)c1ccccc1N(CC(=O)Nc1ccccc1-c1ccccc1)S(C)(=O)=O. The highest BCUT2D eigenvalue weighted by Gasteiger charge is 2.24. The Kier molecular flexibility index (Phi) is 6.57. The third-order valence-electron chi connectivity index (χ3n) is 4.80. The van der Waals surface area contributed by atoms with Crippen molar-refractivity contribution in [3.05, 3.63) is 84.4 Å². The fourth-order valence-corrected chi connectivity index (χ4v) is 4.24. The van der Waals surface area contributed by atoms with E-state index in [2.05, 4.69) is 5.32 Å². The molecule has 0 aliphatic heterocycles. The number of rotatable bonds is 7. The summed E-state index contributed by atoms with van der Waals surface area (Å²) in [4.78, 5) is 12.9. The molecule has 0 saturated heterocycles. The maximum absolute atomic E-state index is 12.9. The zero-order valence-corrected chi connectivity index (χ0v) is 18.2. The zero-order valence-electron chi connectivity index (χ0n) is 17.4. The van der Waals surface area contributed by atoms with E-state index in [9.17, 15) is 13.2 Å². The molecule has 0 atom stereocenters. The van der Waals surface area contributed by atoms with Gasteiger partial charge < -0.3 is 5.32 Å². The first-order valence-electron chi connectivity index (χ1n) is 9.78. The summed E-state index contributed by atoms with van der Waals surface area (Å²) in [5.74, 6) is -0.283. The maximum atomic E-state index is 12.9. The van der Waals surface area contributed by atoms with Gasteiger partial charge in [-0.15, -0.1) is 0 Å². The summed E-state index contributed by atoms with van der Waals surface area (Å²) in [5, 5.41) is 2.88. The Bertz CT molecular complexity index is 1130. The van der Waals surface area contributed by atoms with Crippen LogP contribution in [0, 0.1) is 0 Å². The highest BCUT2D eigenvalue weighted by atomic mass is 32.2. The molecule has 156 valence electrons. The third-order valence-corrected chi connectivity index (χ3v) is 5.93. The van der Waals surface area contributed by atoms with Crippen molar-refractivity contribution in [3.8, 4) is 11.1 Å². The molecule has 0 saturated carbocycles. The van der Waals surface area contributed by atoms with Crippen LogP contribution in [-0.4, -0.2) is 27.1 Å². The number of carbonyl (C=O) groups is 1. The minimum atomic E-state index is -3.65. The molecule has 0 bridgehead atoms. The Labute approximate surface area is 178 Å². The van der Waals surface area contributed by atoms with Crippen LogP contribution in [0.25, 0.3) is 11.1 Å². The standard InChI is InChI=1S/C24H26N2O3S/c1-18(2)20-13-8-10-16-23(20)26(30(3,28)29)17-24(27)25-22-15-9-7-14-21(22)19-11-5-4-6-12-19/h4-16,18H,17H2,1-3H3,(H,25,27). The Morgan fingerprint density at radius 2 is 1.50 bits per heavy atom. The molecule has 0 spiro atoms. The largest absolute Gasteiger partial charge is 0.324 e. The molecule has 5 nitrogen and oxygen atoms in total. The lowest BCUT2D eigenvalue weighted by molar-refractivity contribution is -0.114. The molecule has 0 fully saturated rings. The summed E-state index contributed by atoms with van der Waals surface area (Å²) in [7, 11) is -3.65. The Morgan fingerprint density at radius 1 is 0.900 bits per heavy atom. The minimum Gasteiger partial charge on any atom is -0.324 e. The van der Waals surface area contributed by atoms with Crippen LogP contribution in [0.15, 0.2) is 78.9 Å². The first-order chi connectivity index (χ1) is 14.3. The topological polar surface area (TPSA) is 66.5 Å². The van der Waals surface area contributed by atoms with Gasteiger partial charge in [0.25, 0.3) is 0 Å². The Balaban J connectivity index is 1.90. The van der Waals surface area contributed by atoms with E-state index < -0.39 is 15.9 Å². The molecular formula is C24H26N2O3S. The van der Waals surface area contributed by atoms with Crippen molar-refractivity contribution in [2.24, 2.45) is 0 Å². The highest BCUT2D eigenvalue weighted by Crippen LogP contribution is 2.30. The van der Waals surface area contributed by atoms with Crippen molar-refractivity contribution in [2.75, 3.05) is 22.4 Å². The highest BCUT2D eigenvalue weighted by molar-refractivity contribution is 7.92. The molecule has 0 unspecified atom stereocenters. The summed E-state index contributed by atoms with van der Waals surface area (Å²) >= 11 is 0. The van der Waals surface area contributed by atoms with E-state index in [1.54, 1.807) is 12.1 Å². The van der Waals surface area contributed by atoms with Gasteiger partial charge in [0.2, 0.25) is 15.9 Å². The molecule has 3 aromatic rings. The van der Waals surface area contributed by atoms with Crippen LogP contribution in [0.4, 0.5) is 11.4 Å². The first-order valence-corrected chi connectivity index (χ1v) is 11.6. The maximum Gasteiger partial charge on any atom is 0.245 e. The Morgan fingerprint density at radius 3 is 2.17 bits per heavy atom. The molecule has 3 aromatic carbocycles. The first kappa shape index (κ1) is 21.6. The summed E-state index contributed by atoms with van der Waals surface area (Å²) in [6.45, 7) is 3.69. The van der Waals surface area contributed by atoms with E-state index in [0.717, 1.165) is 22.9 Å². The number of nitrogens with zero attached hydrogens (tertiary/aromatic N) is 1. The van der Waals surface area contributed by atoms with Crippen molar-refractivity contribution < 1.29 is 13.2 Å². The lowest BCUT2D eigenvalue weighted by Gasteiger charge is -2.26. The van der Waals surface area contributed by atoms with Gasteiger partial charge in [-0.05, 0) is 29.2 Å². The van der Waals surface area contributed by atoms with Gasteiger partial charge >= 0.3 is 0 Å². The normalized spacial score (nSPS) is 11.3. The van der Waals surface area contributed by atoms with Crippen LogP contribution >= 0.6 is 0 Å². The molecule has 0 radical (unpaired) electrons. The number of anilines is 2. The van der Waals surface area contributed by atoms with Crippen LogP contribution in [-0.2, 0) is 14.8 Å². The lowest BCUT2D eigenvalue weighted by Crippen LogP contribution is -2.38. The average Bonchev–Trinajstić information content (AvgIpc) is 2.72. The number of sulfonamides is 1. The van der Waals surface area contributed by atoms with Gasteiger partial charge in [0, 0.05) is 11.3 Å². The van der Waals surface area contributed by atoms with E-state index in [4.69, 9.17) is 0 Å². The number of hydrogen-bond donors (Lipinski definition) is 1. The molecule has 3 rings (SSSR count). The second-order valence-electron chi connectivity index (χ2n) is 7.44. The molecule has 0 aliphatic rings. The molecule has 1 N–H and O–H groups in total. The molecule has 0 aromatic heterocycles. The van der Waals surface area contributed by atoms with Gasteiger partial charge in [0.1, 0.15) is 6.54 Å². The van der Waals surface area contributed by atoms with Crippen LogP contribution in [0.3, 0.4) is 0 Å². The predicted molar refractivity (Wildman–Crippen MR) is 123 cm³/mol. The number of benzene rings is 3. The number of carbonyl (C=O) groups excluding carboxylic acids is 1. The van der Waals surface area contributed by atoms with Gasteiger partial charge in [-0.25, -0.2) is 8.42 Å². The minimum absolute atomic E-state index is 0.118. The van der Waals surface area contributed by atoms with E-state index in [1.165, 1.54) is 4.31 Å². The van der Waals surface area contributed by atoms with Crippen molar-refractivity contribution in [1.82, 2.24) is 0 Å². The number of hydrogen-bond acceptors (Lipinski definition) is 3. The van der Waals surface area contributed by atoms with E-state index in [0.29, 0.717) is 11.4 Å². The summed E-state index contributed by atoms with van der Waals surface area (Å²) in [6, 6.07) is 24.5. The second kappa shape index (κ2) is 9.13. The predicted octanol–water partition coefficient (Wildman–Crippen LogP) is 4.88. The molecule has 0 heterocycles. The number of para-hydroxylation sites is 2. The van der Waals surface area contributed by atoms with Crippen LogP contribution < -0.4 is 9.62 Å². The van der Waals surface area contributed by atoms with Crippen LogP contribution in [0.1, 0.15) is 25.3 Å². The molecule has 30 heavy (non-hydrogen) atoms. The third kappa shape index (κ3) is 5.07. The second-order valence-corrected chi connectivity index (χ2v) is 9.35. The van der Waals surface area contributed by atoms with Crippen molar-refractivity contribution in [1.29, 1.82) is 0 Å². The molecular weight excluding hydrogens is 396 g/mol. The summed E-state index contributed by atoms with van der Waals surface area (Å²) in [5.41, 5.74) is 3.89. The van der Waals surface area contributed by atoms with Gasteiger partial charge in [0.15, 0.2) is 0 Å². The molecule has 1 amide bonds.